The van der Waals surface area contributed by atoms with Gasteiger partial charge in [0.2, 0.25) is 12.3 Å². The Balaban J connectivity index is 0.000000215. The minimum Gasteiger partial charge on any atom is -0.457 e. The van der Waals surface area contributed by atoms with Gasteiger partial charge in [0, 0.05) is 23.6 Å². The fourth-order valence-corrected chi connectivity index (χ4v) is 3.18. The molecule has 198 valence electrons. The smallest absolute Gasteiger partial charge is 0.226 e. The molecule has 1 unspecified atom stereocenters. The van der Waals surface area contributed by atoms with Crippen LogP contribution in [-0.2, 0) is 27.4 Å². The van der Waals surface area contributed by atoms with Crippen LogP contribution in [0.3, 0.4) is 0 Å². The van der Waals surface area contributed by atoms with Crippen LogP contribution < -0.4 is 15.4 Å². The number of amides is 2. The summed E-state index contributed by atoms with van der Waals surface area (Å²) < 4.78 is 36.4. The summed E-state index contributed by atoms with van der Waals surface area (Å²) in [5, 5.41) is 5.36. The van der Waals surface area contributed by atoms with Gasteiger partial charge in [0.1, 0.15) is 23.1 Å². The molecule has 10 heteroatoms. The van der Waals surface area contributed by atoms with Crippen molar-refractivity contribution in [2.24, 2.45) is 0 Å². The van der Waals surface area contributed by atoms with Crippen molar-refractivity contribution in [1.29, 1.82) is 0 Å². The number of aromatic nitrogens is 2. The highest BCUT2D eigenvalue weighted by atomic mass is 19.1. The first-order valence-electron chi connectivity index (χ1n) is 11.7. The van der Waals surface area contributed by atoms with E-state index in [-0.39, 0.29) is 30.0 Å². The van der Waals surface area contributed by atoms with Gasteiger partial charge in [0.25, 0.3) is 0 Å². The van der Waals surface area contributed by atoms with E-state index in [1.165, 1.54) is 30.6 Å². The van der Waals surface area contributed by atoms with Gasteiger partial charge in [-0.2, -0.15) is 0 Å². The Morgan fingerprint density at radius 3 is 2.16 bits per heavy atom. The number of ether oxygens (including phenoxy) is 2. The number of H-pyrrole nitrogens is 1. The second-order valence-corrected chi connectivity index (χ2v) is 8.21. The number of carbonyl (C=O) groups excluding carboxylic acids is 2. The highest BCUT2D eigenvalue weighted by Gasteiger charge is 2.09. The number of carbonyl (C=O) groups is 2. The molecule has 1 atom stereocenters. The van der Waals surface area contributed by atoms with Gasteiger partial charge in [0.05, 0.1) is 26.0 Å². The van der Waals surface area contributed by atoms with E-state index in [4.69, 9.17) is 9.47 Å². The molecule has 0 saturated heterocycles. The van der Waals surface area contributed by atoms with Crippen molar-refractivity contribution in [3.63, 3.8) is 0 Å². The predicted molar refractivity (Wildman–Crippen MR) is 139 cm³/mol. The lowest BCUT2D eigenvalue weighted by atomic mass is 10.2. The summed E-state index contributed by atoms with van der Waals surface area (Å²) in [7, 11) is 0. The zero-order chi connectivity index (χ0) is 27.2. The standard InChI is InChI=1S/C15H18FN3O2.C13H10FNO2/c1-11(19-15(20)6-14-7-17-10-18-14)8-21-9-12-2-4-13(16)5-3-12;14-10-1-5-12(6-2-10)17-13-7-3-11(4-8-13)15-9-16/h2-5,7,10-11H,6,8-9H2,1H3,(H,17,18)(H,19,20);1-9H,(H,15,16). The SMILES string of the molecule is CC(COCc1ccc(F)cc1)NC(=O)Cc1cnc[nH]1.O=CNc1ccc(Oc2ccc(F)cc2)cc1. The number of rotatable bonds is 11. The molecule has 0 radical (unpaired) electrons. The van der Waals surface area contributed by atoms with E-state index in [0.717, 1.165) is 11.3 Å². The molecule has 0 fully saturated rings. The predicted octanol–water partition coefficient (Wildman–Crippen LogP) is 5.00. The molecule has 1 heterocycles. The van der Waals surface area contributed by atoms with Crippen molar-refractivity contribution in [2.75, 3.05) is 11.9 Å². The normalized spacial score (nSPS) is 11.0. The molecule has 3 aromatic carbocycles. The summed E-state index contributed by atoms with van der Waals surface area (Å²) in [4.78, 5) is 28.7. The molecule has 0 spiro atoms. The van der Waals surface area contributed by atoms with Crippen LogP contribution >= 0.6 is 0 Å². The summed E-state index contributed by atoms with van der Waals surface area (Å²) in [6, 6.07) is 18.7. The average molecular weight is 523 g/mol. The number of nitrogens with one attached hydrogen (secondary N) is 3. The summed E-state index contributed by atoms with van der Waals surface area (Å²) in [5.74, 6) is 0.522. The molecule has 2 amide bonds. The Hall–Kier alpha value is -4.57. The molecule has 0 aliphatic rings. The topological polar surface area (TPSA) is 105 Å². The van der Waals surface area contributed by atoms with Crippen LogP contribution in [0.15, 0.2) is 85.3 Å². The van der Waals surface area contributed by atoms with Gasteiger partial charge in [0.15, 0.2) is 0 Å². The van der Waals surface area contributed by atoms with Crippen molar-refractivity contribution >= 4 is 18.0 Å². The van der Waals surface area contributed by atoms with Crippen LogP contribution in [0.1, 0.15) is 18.2 Å². The van der Waals surface area contributed by atoms with Gasteiger partial charge in [-0.05, 0) is 73.2 Å². The van der Waals surface area contributed by atoms with E-state index in [2.05, 4.69) is 20.6 Å². The summed E-state index contributed by atoms with van der Waals surface area (Å²) >= 11 is 0. The summed E-state index contributed by atoms with van der Waals surface area (Å²) in [6.45, 7) is 2.66. The minimum atomic E-state index is -0.303. The van der Waals surface area contributed by atoms with Gasteiger partial charge in [-0.3, -0.25) is 9.59 Å². The van der Waals surface area contributed by atoms with E-state index in [1.54, 1.807) is 54.7 Å². The number of benzene rings is 3. The van der Waals surface area contributed by atoms with Crippen LogP contribution in [0.5, 0.6) is 11.5 Å². The van der Waals surface area contributed by atoms with Crippen LogP contribution in [0.2, 0.25) is 0 Å². The van der Waals surface area contributed by atoms with Crippen molar-refractivity contribution in [3.05, 3.63) is 108 Å². The Bertz CT molecular complexity index is 1250. The number of hydrogen-bond donors (Lipinski definition) is 3. The average Bonchev–Trinajstić information content (AvgIpc) is 3.41. The number of nitrogens with zero attached hydrogens (tertiary/aromatic N) is 1. The third-order valence-corrected chi connectivity index (χ3v) is 4.99. The second kappa shape index (κ2) is 14.9. The molecule has 3 N–H and O–H groups in total. The lowest BCUT2D eigenvalue weighted by Gasteiger charge is -2.14. The number of hydrogen-bond acceptors (Lipinski definition) is 5. The second-order valence-electron chi connectivity index (χ2n) is 8.21. The van der Waals surface area contributed by atoms with E-state index >= 15 is 0 Å². The van der Waals surface area contributed by atoms with Gasteiger partial charge in [-0.15, -0.1) is 0 Å². The lowest BCUT2D eigenvalue weighted by Crippen LogP contribution is -2.36. The molecule has 38 heavy (non-hydrogen) atoms. The highest BCUT2D eigenvalue weighted by Crippen LogP contribution is 2.22. The van der Waals surface area contributed by atoms with Crippen LogP contribution in [0.4, 0.5) is 14.5 Å². The zero-order valence-corrected chi connectivity index (χ0v) is 20.7. The van der Waals surface area contributed by atoms with Crippen molar-refractivity contribution < 1.29 is 27.8 Å². The maximum atomic E-state index is 12.7. The van der Waals surface area contributed by atoms with E-state index in [0.29, 0.717) is 36.8 Å². The molecule has 1 aromatic heterocycles. The fraction of sp³-hybridized carbons (Fsp3) is 0.179. The molecule has 0 bridgehead atoms. The largest absolute Gasteiger partial charge is 0.457 e. The van der Waals surface area contributed by atoms with Gasteiger partial charge in [-0.25, -0.2) is 13.8 Å². The summed E-state index contributed by atoms with van der Waals surface area (Å²) in [5.41, 5.74) is 2.35. The minimum absolute atomic E-state index is 0.0860. The molecule has 4 rings (SSSR count). The van der Waals surface area contributed by atoms with E-state index in [1.807, 2.05) is 6.92 Å². The van der Waals surface area contributed by atoms with Crippen molar-refractivity contribution in [1.82, 2.24) is 15.3 Å². The van der Waals surface area contributed by atoms with E-state index in [9.17, 15) is 18.4 Å². The monoisotopic (exact) mass is 522 g/mol. The Kier molecular flexibility index (Phi) is 11.0. The molecule has 0 saturated carbocycles. The number of imidazole rings is 1. The first-order chi connectivity index (χ1) is 18.4. The first kappa shape index (κ1) is 28.0. The van der Waals surface area contributed by atoms with Crippen LogP contribution in [0.25, 0.3) is 0 Å². The number of halogens is 2. The number of aromatic amines is 1. The Morgan fingerprint density at radius 2 is 1.58 bits per heavy atom. The molecule has 0 aliphatic carbocycles. The maximum Gasteiger partial charge on any atom is 0.226 e. The molecule has 8 nitrogen and oxygen atoms in total. The van der Waals surface area contributed by atoms with Crippen molar-refractivity contribution in [3.8, 4) is 11.5 Å². The first-order valence-corrected chi connectivity index (χ1v) is 11.7. The van der Waals surface area contributed by atoms with Gasteiger partial charge >= 0.3 is 0 Å². The highest BCUT2D eigenvalue weighted by molar-refractivity contribution is 5.78. The third-order valence-electron chi connectivity index (χ3n) is 4.99. The molecular weight excluding hydrogens is 494 g/mol. The van der Waals surface area contributed by atoms with Gasteiger partial charge in [-0.1, -0.05) is 12.1 Å². The van der Waals surface area contributed by atoms with Crippen LogP contribution in [0, 0.1) is 11.6 Å². The van der Waals surface area contributed by atoms with Crippen molar-refractivity contribution in [2.45, 2.75) is 26.0 Å². The summed E-state index contributed by atoms with van der Waals surface area (Å²) in [6.07, 6.45) is 4.03. The number of anilines is 1. The fourth-order valence-electron chi connectivity index (χ4n) is 3.18. The lowest BCUT2D eigenvalue weighted by molar-refractivity contribution is -0.121. The Morgan fingerprint density at radius 1 is 0.974 bits per heavy atom. The zero-order valence-electron chi connectivity index (χ0n) is 20.7. The van der Waals surface area contributed by atoms with E-state index < -0.39 is 0 Å². The molecule has 0 aliphatic heterocycles. The van der Waals surface area contributed by atoms with Crippen LogP contribution in [-0.4, -0.2) is 34.9 Å². The third kappa shape index (κ3) is 10.2. The molecular formula is C28H28F2N4O4. The maximum absolute atomic E-state index is 12.7. The quantitative estimate of drug-likeness (QED) is 0.241. The molecule has 4 aromatic rings. The Labute approximate surface area is 219 Å². The van der Waals surface area contributed by atoms with Gasteiger partial charge < -0.3 is 25.1 Å².